The molecule has 24 heavy (non-hydrogen) atoms. The molecule has 3 rings (SSSR count). The van der Waals surface area contributed by atoms with Gasteiger partial charge in [-0.25, -0.2) is 0 Å². The van der Waals surface area contributed by atoms with Crippen molar-refractivity contribution >= 4 is 17.6 Å². The molecule has 124 valence electrons. The summed E-state index contributed by atoms with van der Waals surface area (Å²) in [4.78, 5) is 23.0. The van der Waals surface area contributed by atoms with Gasteiger partial charge >= 0.3 is 5.97 Å². The molecule has 2 N–H and O–H groups in total. The number of carbonyl (C=O) groups excluding carboxylic acids is 1. The molecule has 0 spiro atoms. The summed E-state index contributed by atoms with van der Waals surface area (Å²) in [5.74, 6) is 0.120. The summed E-state index contributed by atoms with van der Waals surface area (Å²) in [6, 6.07) is 14.7. The molecule has 5 nitrogen and oxygen atoms in total. The van der Waals surface area contributed by atoms with Gasteiger partial charge in [0, 0.05) is 11.6 Å². The molecule has 0 bridgehead atoms. The average molecular weight is 325 g/mol. The number of hydrogen-bond donors (Lipinski definition) is 2. The molecule has 1 aliphatic rings. The molecular weight excluding hydrogens is 306 g/mol. The summed E-state index contributed by atoms with van der Waals surface area (Å²) in [5.41, 5.74) is 2.51. The highest BCUT2D eigenvalue weighted by Gasteiger charge is 2.44. The molecule has 0 radical (unpaired) electrons. The number of carboxylic acid groups (broad SMARTS) is 1. The lowest BCUT2D eigenvalue weighted by Crippen LogP contribution is -2.14. The Kier molecular flexibility index (Phi) is 4.51. The molecule has 2 aromatic carbocycles. The van der Waals surface area contributed by atoms with Crippen LogP contribution < -0.4 is 10.1 Å². The van der Waals surface area contributed by atoms with E-state index in [2.05, 4.69) is 5.32 Å². The molecule has 1 saturated carbocycles. The lowest BCUT2D eigenvalue weighted by Gasteiger charge is -2.07. The van der Waals surface area contributed by atoms with Crippen LogP contribution in [0.4, 0.5) is 5.69 Å². The molecule has 0 heterocycles. The van der Waals surface area contributed by atoms with Crippen molar-refractivity contribution in [2.24, 2.45) is 5.92 Å². The first-order chi connectivity index (χ1) is 11.6. The Hall–Kier alpha value is -2.82. The van der Waals surface area contributed by atoms with Crippen LogP contribution in [0.3, 0.4) is 0 Å². The van der Waals surface area contributed by atoms with Crippen molar-refractivity contribution in [1.29, 1.82) is 0 Å². The molecule has 1 amide bonds. The Morgan fingerprint density at radius 1 is 1.21 bits per heavy atom. The van der Waals surface area contributed by atoms with Gasteiger partial charge in [-0.2, -0.15) is 0 Å². The van der Waals surface area contributed by atoms with Gasteiger partial charge in [0.05, 0.1) is 13.5 Å². The second-order valence-electron chi connectivity index (χ2n) is 5.98. The molecule has 5 heteroatoms. The Labute approximate surface area is 140 Å². The molecular formula is C19H19NO4. The SMILES string of the molecule is COc1cccc(C2CC2C(=O)Nc2ccc(CC(=O)O)cc2)c1. The molecule has 2 unspecified atom stereocenters. The summed E-state index contributed by atoms with van der Waals surface area (Å²) < 4.78 is 5.22. The number of rotatable bonds is 6. The highest BCUT2D eigenvalue weighted by Crippen LogP contribution is 2.48. The maximum Gasteiger partial charge on any atom is 0.307 e. The number of carbonyl (C=O) groups is 2. The predicted octanol–water partition coefficient (Wildman–Crippen LogP) is 3.06. The topological polar surface area (TPSA) is 75.6 Å². The maximum atomic E-state index is 12.3. The number of anilines is 1. The zero-order chi connectivity index (χ0) is 17.1. The zero-order valence-electron chi connectivity index (χ0n) is 13.4. The Morgan fingerprint density at radius 3 is 2.62 bits per heavy atom. The van der Waals surface area contributed by atoms with E-state index in [4.69, 9.17) is 9.84 Å². The van der Waals surface area contributed by atoms with Crippen LogP contribution in [-0.2, 0) is 16.0 Å². The second-order valence-corrected chi connectivity index (χ2v) is 5.98. The van der Waals surface area contributed by atoms with Crippen LogP contribution in [0.25, 0.3) is 0 Å². The van der Waals surface area contributed by atoms with Gasteiger partial charge in [0.15, 0.2) is 0 Å². The van der Waals surface area contributed by atoms with Crippen LogP contribution in [0, 0.1) is 5.92 Å². The first kappa shape index (κ1) is 16.1. The standard InChI is InChI=1S/C19H19NO4/c1-24-15-4-2-3-13(10-15)16-11-17(16)19(23)20-14-7-5-12(6-8-14)9-18(21)22/h2-8,10,16-17H,9,11H2,1H3,(H,20,23)(H,21,22). The van der Waals surface area contributed by atoms with Crippen molar-refractivity contribution in [2.45, 2.75) is 18.8 Å². The van der Waals surface area contributed by atoms with Crippen molar-refractivity contribution in [2.75, 3.05) is 12.4 Å². The fourth-order valence-corrected chi connectivity index (χ4v) is 2.84. The van der Waals surface area contributed by atoms with E-state index in [-0.39, 0.29) is 24.2 Å². The fraction of sp³-hybridized carbons (Fsp3) is 0.263. The van der Waals surface area contributed by atoms with E-state index in [0.29, 0.717) is 11.3 Å². The van der Waals surface area contributed by atoms with Crippen LogP contribution in [0.15, 0.2) is 48.5 Å². The highest BCUT2D eigenvalue weighted by atomic mass is 16.5. The number of aliphatic carboxylic acids is 1. The molecule has 1 aliphatic carbocycles. The minimum Gasteiger partial charge on any atom is -0.497 e. The minimum atomic E-state index is -0.870. The number of hydrogen-bond acceptors (Lipinski definition) is 3. The summed E-state index contributed by atoms with van der Waals surface area (Å²) in [6.07, 6.45) is 0.810. The third-order valence-corrected chi connectivity index (χ3v) is 4.23. The number of ether oxygens (including phenoxy) is 1. The maximum absolute atomic E-state index is 12.3. The van der Waals surface area contributed by atoms with Crippen molar-refractivity contribution < 1.29 is 19.4 Å². The Bertz CT molecular complexity index is 754. The van der Waals surface area contributed by atoms with Crippen LogP contribution in [0.2, 0.25) is 0 Å². The van der Waals surface area contributed by atoms with Gasteiger partial charge in [0.1, 0.15) is 5.75 Å². The quantitative estimate of drug-likeness (QED) is 0.856. The monoisotopic (exact) mass is 325 g/mol. The van der Waals surface area contributed by atoms with Gasteiger partial charge in [0.2, 0.25) is 5.91 Å². The molecule has 2 aromatic rings. The van der Waals surface area contributed by atoms with E-state index in [1.165, 1.54) is 0 Å². The van der Waals surface area contributed by atoms with E-state index in [1.54, 1.807) is 31.4 Å². The Morgan fingerprint density at radius 2 is 1.96 bits per heavy atom. The number of nitrogens with one attached hydrogen (secondary N) is 1. The van der Waals surface area contributed by atoms with E-state index < -0.39 is 5.97 Å². The van der Waals surface area contributed by atoms with Gasteiger partial charge in [-0.1, -0.05) is 24.3 Å². The van der Waals surface area contributed by atoms with Crippen molar-refractivity contribution in [1.82, 2.24) is 0 Å². The van der Waals surface area contributed by atoms with Crippen molar-refractivity contribution in [3.8, 4) is 5.75 Å². The first-order valence-electron chi connectivity index (χ1n) is 7.82. The number of benzene rings is 2. The van der Waals surface area contributed by atoms with Crippen LogP contribution in [-0.4, -0.2) is 24.1 Å². The van der Waals surface area contributed by atoms with E-state index in [1.807, 2.05) is 24.3 Å². The van der Waals surface area contributed by atoms with Crippen molar-refractivity contribution in [3.05, 3.63) is 59.7 Å². The van der Waals surface area contributed by atoms with Gasteiger partial charge in [-0.3, -0.25) is 9.59 Å². The number of amides is 1. The summed E-state index contributed by atoms with van der Waals surface area (Å²) in [5, 5.41) is 11.7. The van der Waals surface area contributed by atoms with E-state index in [0.717, 1.165) is 17.7 Å². The summed E-state index contributed by atoms with van der Waals surface area (Å²) >= 11 is 0. The second kappa shape index (κ2) is 6.74. The lowest BCUT2D eigenvalue weighted by molar-refractivity contribution is -0.136. The molecule has 0 aromatic heterocycles. The fourth-order valence-electron chi connectivity index (χ4n) is 2.84. The van der Waals surface area contributed by atoms with Gasteiger partial charge in [-0.15, -0.1) is 0 Å². The van der Waals surface area contributed by atoms with E-state index in [9.17, 15) is 9.59 Å². The van der Waals surface area contributed by atoms with Crippen molar-refractivity contribution in [3.63, 3.8) is 0 Å². The number of methoxy groups -OCH3 is 1. The summed E-state index contributed by atoms with van der Waals surface area (Å²) in [6.45, 7) is 0. The smallest absolute Gasteiger partial charge is 0.307 e. The minimum absolute atomic E-state index is 0.00574. The molecule has 0 saturated heterocycles. The van der Waals surface area contributed by atoms with Crippen LogP contribution in [0.5, 0.6) is 5.75 Å². The van der Waals surface area contributed by atoms with Gasteiger partial charge < -0.3 is 15.2 Å². The molecule has 1 fully saturated rings. The largest absolute Gasteiger partial charge is 0.497 e. The normalized spacial score (nSPS) is 18.7. The average Bonchev–Trinajstić information content (AvgIpc) is 3.37. The number of carboxylic acids is 1. The molecule has 2 atom stereocenters. The van der Waals surface area contributed by atoms with E-state index >= 15 is 0 Å². The third-order valence-electron chi connectivity index (χ3n) is 4.23. The lowest BCUT2D eigenvalue weighted by atomic mass is 10.1. The first-order valence-corrected chi connectivity index (χ1v) is 7.82. The molecule has 0 aliphatic heterocycles. The summed E-state index contributed by atoms with van der Waals surface area (Å²) in [7, 11) is 1.63. The Balaban J connectivity index is 1.59. The zero-order valence-corrected chi connectivity index (χ0v) is 13.4. The third kappa shape index (κ3) is 3.74. The van der Waals surface area contributed by atoms with Crippen LogP contribution in [0.1, 0.15) is 23.5 Å². The van der Waals surface area contributed by atoms with Gasteiger partial charge in [-0.05, 0) is 47.7 Å². The predicted molar refractivity (Wildman–Crippen MR) is 90.3 cm³/mol. The van der Waals surface area contributed by atoms with Gasteiger partial charge in [0.25, 0.3) is 0 Å². The highest BCUT2D eigenvalue weighted by molar-refractivity contribution is 5.95. The van der Waals surface area contributed by atoms with Crippen LogP contribution >= 0.6 is 0 Å².